The molecule has 1 fully saturated rings. The van der Waals surface area contributed by atoms with Gasteiger partial charge in [0.2, 0.25) is 11.8 Å². The van der Waals surface area contributed by atoms with Gasteiger partial charge in [0, 0.05) is 12.2 Å². The maximum absolute atomic E-state index is 10.4. The van der Waals surface area contributed by atoms with E-state index in [-0.39, 0.29) is 12.0 Å². The fraction of sp³-hybridized carbons (Fsp3) is 0.600. The third-order valence-electron chi connectivity index (χ3n) is 2.24. The minimum absolute atomic E-state index is 0.0238. The molecule has 0 atom stereocenters. The smallest absolute Gasteiger partial charge is 0.241 e. The summed E-state index contributed by atoms with van der Waals surface area (Å²) in [5, 5.41) is 7.40. The summed E-state index contributed by atoms with van der Waals surface area (Å²) in [4.78, 5) is 10.4. The van der Waals surface area contributed by atoms with Crippen molar-refractivity contribution in [3.05, 3.63) is 12.2 Å². The lowest BCUT2D eigenvalue weighted by Crippen LogP contribution is -2.19. The molecule has 1 amide bonds. The lowest BCUT2D eigenvalue weighted by Gasteiger charge is -2.21. The van der Waals surface area contributed by atoms with Crippen molar-refractivity contribution in [2.75, 3.05) is 0 Å². The molecule has 0 saturated heterocycles. The molecule has 0 aliphatic heterocycles. The van der Waals surface area contributed by atoms with Crippen molar-refractivity contribution in [2.45, 2.75) is 38.2 Å². The minimum Gasteiger partial charge on any atom is -0.475 e. The summed E-state index contributed by atoms with van der Waals surface area (Å²) < 4.78 is 5.33. The van der Waals surface area contributed by atoms with E-state index in [1.165, 1.54) is 12.5 Å². The number of hydrogen-bond donors (Lipinski definition) is 2. The van der Waals surface area contributed by atoms with Gasteiger partial charge in [0.25, 0.3) is 0 Å². The number of nitrogens with two attached hydrogens (primary N) is 1. The van der Waals surface area contributed by atoms with Gasteiger partial charge in [-0.1, -0.05) is 6.42 Å². The topological polar surface area (TPSA) is 76.2 Å². The Morgan fingerprint density at radius 1 is 1.29 bits per heavy atom. The van der Waals surface area contributed by atoms with Crippen molar-refractivity contribution in [1.82, 2.24) is 0 Å². The lowest BCUT2D eigenvalue weighted by atomic mass is 9.98. The van der Waals surface area contributed by atoms with Crippen LogP contribution in [0.2, 0.25) is 0 Å². The normalized spacial score (nSPS) is 18.3. The van der Waals surface area contributed by atoms with E-state index in [4.69, 9.17) is 15.9 Å². The molecule has 1 saturated carbocycles. The van der Waals surface area contributed by atoms with Gasteiger partial charge in [0.05, 0.1) is 0 Å². The van der Waals surface area contributed by atoms with Crippen LogP contribution in [0.15, 0.2) is 12.2 Å². The Bertz CT molecular complexity index is 243. The van der Waals surface area contributed by atoms with Crippen LogP contribution >= 0.6 is 0 Å². The number of carbonyl (C=O) groups excluding carboxylic acids is 1. The van der Waals surface area contributed by atoms with Gasteiger partial charge in [0.15, 0.2) is 0 Å². The highest BCUT2D eigenvalue weighted by atomic mass is 16.5. The van der Waals surface area contributed by atoms with Gasteiger partial charge in [0.1, 0.15) is 6.10 Å². The van der Waals surface area contributed by atoms with E-state index in [9.17, 15) is 4.79 Å². The molecule has 14 heavy (non-hydrogen) atoms. The first-order chi connectivity index (χ1) is 6.68. The average molecular weight is 196 g/mol. The summed E-state index contributed by atoms with van der Waals surface area (Å²) in [6, 6.07) is 0. The predicted octanol–water partition coefficient (Wildman–Crippen LogP) is 1.35. The van der Waals surface area contributed by atoms with E-state index >= 15 is 0 Å². The highest BCUT2D eigenvalue weighted by Gasteiger charge is 2.14. The molecule has 1 aliphatic rings. The first kappa shape index (κ1) is 10.8. The molecule has 0 radical (unpaired) electrons. The fourth-order valence-corrected chi connectivity index (χ4v) is 1.56. The molecule has 4 heteroatoms. The second-order valence-corrected chi connectivity index (χ2v) is 3.48. The first-order valence-corrected chi connectivity index (χ1v) is 4.91. The molecule has 0 bridgehead atoms. The molecule has 1 rings (SSSR count). The molecule has 0 aromatic rings. The summed E-state index contributed by atoms with van der Waals surface area (Å²) in [6.45, 7) is 0. The van der Waals surface area contributed by atoms with Crippen LogP contribution in [-0.2, 0) is 9.53 Å². The molecular formula is C10H16N2O2. The number of nitrogens with one attached hydrogen (secondary N) is 1. The van der Waals surface area contributed by atoms with Gasteiger partial charge in [-0.25, -0.2) is 0 Å². The van der Waals surface area contributed by atoms with Crippen LogP contribution in [0.25, 0.3) is 0 Å². The second kappa shape index (κ2) is 5.42. The molecule has 0 unspecified atom stereocenters. The van der Waals surface area contributed by atoms with Crippen LogP contribution in [0.4, 0.5) is 0 Å². The summed E-state index contributed by atoms with van der Waals surface area (Å²) in [5.74, 6) is -0.530. The molecule has 1 aliphatic carbocycles. The van der Waals surface area contributed by atoms with Crippen LogP contribution < -0.4 is 5.73 Å². The summed E-state index contributed by atoms with van der Waals surface area (Å²) >= 11 is 0. The second-order valence-electron chi connectivity index (χ2n) is 3.48. The highest BCUT2D eigenvalue weighted by molar-refractivity contribution is 5.94. The number of rotatable bonds is 3. The van der Waals surface area contributed by atoms with Crippen molar-refractivity contribution >= 4 is 11.8 Å². The number of amides is 1. The first-order valence-electron chi connectivity index (χ1n) is 4.91. The Morgan fingerprint density at radius 2 is 1.93 bits per heavy atom. The summed E-state index contributed by atoms with van der Waals surface area (Å²) in [5.41, 5.74) is 4.90. The van der Waals surface area contributed by atoms with Gasteiger partial charge in [-0.3, -0.25) is 10.2 Å². The third kappa shape index (κ3) is 4.07. The van der Waals surface area contributed by atoms with Crippen LogP contribution in [0, 0.1) is 5.41 Å². The van der Waals surface area contributed by atoms with Crippen molar-refractivity contribution in [1.29, 1.82) is 5.41 Å². The molecule has 0 aromatic heterocycles. The van der Waals surface area contributed by atoms with Gasteiger partial charge in [-0.15, -0.1) is 0 Å². The van der Waals surface area contributed by atoms with Crippen molar-refractivity contribution in [3.63, 3.8) is 0 Å². The molecule has 78 valence electrons. The largest absolute Gasteiger partial charge is 0.475 e. The minimum atomic E-state index is -0.554. The van der Waals surface area contributed by atoms with Crippen LogP contribution in [-0.4, -0.2) is 17.9 Å². The van der Waals surface area contributed by atoms with Crippen LogP contribution in [0.1, 0.15) is 32.1 Å². The Morgan fingerprint density at radius 3 is 2.50 bits per heavy atom. The van der Waals surface area contributed by atoms with Crippen molar-refractivity contribution < 1.29 is 9.53 Å². The highest BCUT2D eigenvalue weighted by Crippen LogP contribution is 2.20. The maximum Gasteiger partial charge on any atom is 0.241 e. The zero-order valence-electron chi connectivity index (χ0n) is 8.16. The summed E-state index contributed by atoms with van der Waals surface area (Å²) in [6.07, 6.45) is 8.19. The van der Waals surface area contributed by atoms with Gasteiger partial charge < -0.3 is 10.5 Å². The van der Waals surface area contributed by atoms with E-state index in [1.807, 2.05) is 0 Å². The maximum atomic E-state index is 10.4. The van der Waals surface area contributed by atoms with E-state index < -0.39 is 5.91 Å². The number of ether oxygens (including phenoxy) is 1. The van der Waals surface area contributed by atoms with Crippen LogP contribution in [0.3, 0.4) is 0 Å². The Balaban J connectivity index is 2.28. The molecule has 3 N–H and O–H groups in total. The molecular weight excluding hydrogens is 180 g/mol. The van der Waals surface area contributed by atoms with Gasteiger partial charge in [-0.05, 0) is 25.7 Å². The quantitative estimate of drug-likeness (QED) is 0.406. The van der Waals surface area contributed by atoms with Crippen LogP contribution in [0.5, 0.6) is 0 Å². The monoisotopic (exact) mass is 196 g/mol. The Labute approximate surface area is 83.6 Å². The van der Waals surface area contributed by atoms with E-state index in [1.54, 1.807) is 0 Å². The predicted molar refractivity (Wildman–Crippen MR) is 54.0 cm³/mol. The number of carbonyl (C=O) groups is 1. The van der Waals surface area contributed by atoms with E-state index in [0.29, 0.717) is 0 Å². The molecule has 0 spiro atoms. The van der Waals surface area contributed by atoms with Crippen molar-refractivity contribution in [2.24, 2.45) is 5.73 Å². The van der Waals surface area contributed by atoms with Gasteiger partial charge in [-0.2, -0.15) is 0 Å². The zero-order chi connectivity index (χ0) is 10.4. The number of primary amides is 1. The standard InChI is InChI=1S/C10H16N2O2/c11-9(13)6-7-10(12)14-8-4-2-1-3-5-8/h6-8,12H,1-5H2,(H2,11,13)/b7-6-,12-10?. The van der Waals surface area contributed by atoms with Gasteiger partial charge >= 0.3 is 0 Å². The molecule has 0 aromatic carbocycles. The average Bonchev–Trinajstić information content (AvgIpc) is 2.16. The van der Waals surface area contributed by atoms with Crippen molar-refractivity contribution in [3.8, 4) is 0 Å². The zero-order valence-corrected chi connectivity index (χ0v) is 8.16. The molecule has 4 nitrogen and oxygen atoms in total. The van der Waals surface area contributed by atoms with E-state index in [2.05, 4.69) is 0 Å². The number of hydrogen-bond acceptors (Lipinski definition) is 3. The molecule has 0 heterocycles. The SMILES string of the molecule is N=C(/C=C\C(N)=O)OC1CCCCC1. The fourth-order valence-electron chi connectivity index (χ4n) is 1.56. The third-order valence-corrected chi connectivity index (χ3v) is 2.24. The van der Waals surface area contributed by atoms with E-state index in [0.717, 1.165) is 31.8 Å². The Kier molecular flexibility index (Phi) is 4.16. The lowest BCUT2D eigenvalue weighted by molar-refractivity contribution is -0.113. The summed E-state index contributed by atoms with van der Waals surface area (Å²) in [7, 11) is 0. The Hall–Kier alpha value is -1.32.